The number of terminal acetylenes is 1. The summed E-state index contributed by atoms with van der Waals surface area (Å²) >= 11 is 0. The van der Waals surface area contributed by atoms with Gasteiger partial charge in [0.25, 0.3) is 0 Å². The Morgan fingerprint density at radius 3 is 2.53 bits per heavy atom. The highest BCUT2D eigenvalue weighted by Crippen LogP contribution is 2.22. The van der Waals surface area contributed by atoms with Crippen LogP contribution in [-0.2, 0) is 4.79 Å². The van der Waals surface area contributed by atoms with E-state index in [1.807, 2.05) is 0 Å². The molecule has 1 unspecified atom stereocenters. The molecule has 0 spiro atoms. The molecule has 0 amide bonds. The first-order chi connectivity index (χ1) is 7.15. The van der Waals surface area contributed by atoms with Crippen LogP contribution in [0.4, 0.5) is 5.69 Å². The lowest BCUT2D eigenvalue weighted by Gasteiger charge is -2.11. The molecule has 78 valence electrons. The zero-order valence-corrected chi connectivity index (χ0v) is 8.31. The molecule has 0 fully saturated rings. The number of carboxylic acids is 1. The fraction of sp³-hybridized carbons (Fsp3) is 0.250. The van der Waals surface area contributed by atoms with Crippen LogP contribution in [0.2, 0.25) is 0 Å². The zero-order valence-electron chi connectivity index (χ0n) is 8.31. The molecule has 0 heterocycles. The first-order valence-corrected chi connectivity index (χ1v) is 4.67. The molecule has 1 aromatic rings. The average molecular weight is 203 g/mol. The molecular formula is C12H13NO2. The van der Waals surface area contributed by atoms with Crippen molar-refractivity contribution < 1.29 is 9.90 Å². The van der Waals surface area contributed by atoms with Gasteiger partial charge in [0.15, 0.2) is 0 Å². The van der Waals surface area contributed by atoms with Crippen molar-refractivity contribution in [2.45, 2.75) is 18.8 Å². The summed E-state index contributed by atoms with van der Waals surface area (Å²) in [6.07, 6.45) is 6.03. The van der Waals surface area contributed by atoms with Gasteiger partial charge in [-0.1, -0.05) is 12.1 Å². The van der Waals surface area contributed by atoms with Crippen molar-refractivity contribution in [3.63, 3.8) is 0 Å². The van der Waals surface area contributed by atoms with E-state index in [-0.39, 0.29) is 0 Å². The number of carboxylic acid groups (broad SMARTS) is 1. The third-order valence-corrected chi connectivity index (χ3v) is 2.21. The smallest absolute Gasteiger partial charge is 0.311 e. The number of anilines is 1. The lowest BCUT2D eigenvalue weighted by Crippen LogP contribution is -2.11. The summed E-state index contributed by atoms with van der Waals surface area (Å²) in [6.45, 7) is 0. The molecule has 3 heteroatoms. The highest BCUT2D eigenvalue weighted by atomic mass is 16.4. The average Bonchev–Trinajstić information content (AvgIpc) is 2.21. The van der Waals surface area contributed by atoms with Crippen LogP contribution < -0.4 is 5.73 Å². The van der Waals surface area contributed by atoms with E-state index in [9.17, 15) is 4.79 Å². The molecule has 15 heavy (non-hydrogen) atoms. The first-order valence-electron chi connectivity index (χ1n) is 4.67. The maximum Gasteiger partial charge on any atom is 0.311 e. The summed E-state index contributed by atoms with van der Waals surface area (Å²) in [4.78, 5) is 11.0. The van der Waals surface area contributed by atoms with E-state index < -0.39 is 11.9 Å². The summed E-state index contributed by atoms with van der Waals surface area (Å²) in [5, 5.41) is 9.02. The van der Waals surface area contributed by atoms with Crippen molar-refractivity contribution in [2.24, 2.45) is 0 Å². The number of benzene rings is 1. The summed E-state index contributed by atoms with van der Waals surface area (Å²) in [7, 11) is 0. The van der Waals surface area contributed by atoms with Crippen molar-refractivity contribution >= 4 is 11.7 Å². The molecule has 1 atom stereocenters. The van der Waals surface area contributed by atoms with E-state index in [0.29, 0.717) is 18.5 Å². The second-order valence-electron chi connectivity index (χ2n) is 3.30. The zero-order chi connectivity index (χ0) is 11.3. The van der Waals surface area contributed by atoms with E-state index in [0.717, 1.165) is 5.56 Å². The Bertz CT molecular complexity index is 376. The SMILES string of the molecule is C#CCCC(C(=O)O)c1ccc(N)cc1. The molecule has 0 saturated heterocycles. The molecular weight excluding hydrogens is 190 g/mol. The van der Waals surface area contributed by atoms with Crippen molar-refractivity contribution in [1.29, 1.82) is 0 Å². The van der Waals surface area contributed by atoms with Crippen LogP contribution >= 0.6 is 0 Å². The molecule has 0 aliphatic carbocycles. The van der Waals surface area contributed by atoms with Gasteiger partial charge >= 0.3 is 5.97 Å². The van der Waals surface area contributed by atoms with Gasteiger partial charge in [0.1, 0.15) is 0 Å². The van der Waals surface area contributed by atoms with Crippen LogP contribution in [0.1, 0.15) is 24.3 Å². The second kappa shape index (κ2) is 5.06. The molecule has 0 aliphatic rings. The lowest BCUT2D eigenvalue weighted by atomic mass is 9.94. The van der Waals surface area contributed by atoms with Crippen LogP contribution in [0.15, 0.2) is 24.3 Å². The quantitative estimate of drug-likeness (QED) is 0.579. The van der Waals surface area contributed by atoms with Gasteiger partial charge in [-0.05, 0) is 24.1 Å². The number of hydrogen-bond donors (Lipinski definition) is 2. The van der Waals surface area contributed by atoms with E-state index in [1.54, 1.807) is 24.3 Å². The number of carbonyl (C=O) groups is 1. The molecule has 3 N–H and O–H groups in total. The second-order valence-corrected chi connectivity index (χ2v) is 3.30. The minimum atomic E-state index is -0.852. The minimum Gasteiger partial charge on any atom is -0.481 e. The highest BCUT2D eigenvalue weighted by Gasteiger charge is 2.18. The Balaban J connectivity index is 2.85. The normalized spacial score (nSPS) is 11.7. The predicted molar refractivity (Wildman–Crippen MR) is 59.3 cm³/mol. The van der Waals surface area contributed by atoms with Crippen molar-refractivity contribution in [2.75, 3.05) is 5.73 Å². The van der Waals surface area contributed by atoms with Crippen molar-refractivity contribution in [3.05, 3.63) is 29.8 Å². The molecule has 1 rings (SSSR count). The van der Waals surface area contributed by atoms with Crippen molar-refractivity contribution in [1.82, 2.24) is 0 Å². The Kier molecular flexibility index (Phi) is 3.75. The Morgan fingerprint density at radius 2 is 2.07 bits per heavy atom. The van der Waals surface area contributed by atoms with Gasteiger partial charge in [-0.15, -0.1) is 12.3 Å². The number of aliphatic carboxylic acids is 1. The van der Waals surface area contributed by atoms with Crippen molar-refractivity contribution in [3.8, 4) is 12.3 Å². The highest BCUT2D eigenvalue weighted by molar-refractivity contribution is 5.76. The van der Waals surface area contributed by atoms with Crippen LogP contribution in [-0.4, -0.2) is 11.1 Å². The first kappa shape index (κ1) is 11.1. The topological polar surface area (TPSA) is 63.3 Å². The fourth-order valence-corrected chi connectivity index (χ4v) is 1.39. The summed E-state index contributed by atoms with van der Waals surface area (Å²) in [6, 6.07) is 6.84. The Morgan fingerprint density at radius 1 is 1.47 bits per heavy atom. The van der Waals surface area contributed by atoms with Gasteiger partial charge in [0.2, 0.25) is 0 Å². The van der Waals surface area contributed by atoms with Crippen LogP contribution in [0.3, 0.4) is 0 Å². The van der Waals surface area contributed by atoms with Crippen LogP contribution in [0.5, 0.6) is 0 Å². The predicted octanol–water partition coefficient (Wildman–Crippen LogP) is 1.85. The summed E-state index contributed by atoms with van der Waals surface area (Å²) < 4.78 is 0. The number of nitrogens with two attached hydrogens (primary N) is 1. The van der Waals surface area contributed by atoms with Gasteiger partial charge in [0, 0.05) is 12.1 Å². The molecule has 0 bridgehead atoms. The molecule has 3 nitrogen and oxygen atoms in total. The van der Waals surface area contributed by atoms with E-state index in [2.05, 4.69) is 5.92 Å². The molecule has 0 radical (unpaired) electrons. The molecule has 1 aromatic carbocycles. The van der Waals surface area contributed by atoms with E-state index in [4.69, 9.17) is 17.3 Å². The maximum atomic E-state index is 11.0. The Hall–Kier alpha value is -1.95. The van der Waals surface area contributed by atoms with Gasteiger partial charge in [-0.2, -0.15) is 0 Å². The third kappa shape index (κ3) is 3.03. The molecule has 0 aromatic heterocycles. The number of hydrogen-bond acceptors (Lipinski definition) is 2. The molecule has 0 saturated carbocycles. The van der Waals surface area contributed by atoms with Gasteiger partial charge < -0.3 is 10.8 Å². The third-order valence-electron chi connectivity index (χ3n) is 2.21. The lowest BCUT2D eigenvalue weighted by molar-refractivity contribution is -0.138. The number of rotatable bonds is 4. The van der Waals surface area contributed by atoms with Gasteiger partial charge in [-0.25, -0.2) is 0 Å². The fourth-order valence-electron chi connectivity index (χ4n) is 1.39. The molecule has 0 aliphatic heterocycles. The van der Waals surface area contributed by atoms with Gasteiger partial charge in [-0.3, -0.25) is 4.79 Å². The van der Waals surface area contributed by atoms with E-state index in [1.165, 1.54) is 0 Å². The standard InChI is InChI=1S/C12H13NO2/c1-2-3-4-11(12(14)15)9-5-7-10(13)8-6-9/h1,5-8,11H,3-4,13H2,(H,14,15). The van der Waals surface area contributed by atoms with Crippen LogP contribution in [0.25, 0.3) is 0 Å². The minimum absolute atomic E-state index is 0.454. The number of nitrogen functional groups attached to an aromatic ring is 1. The summed E-state index contributed by atoms with van der Waals surface area (Å²) in [5.74, 6) is 1.05. The Labute approximate surface area is 88.9 Å². The largest absolute Gasteiger partial charge is 0.481 e. The van der Waals surface area contributed by atoms with Crippen LogP contribution in [0, 0.1) is 12.3 Å². The monoisotopic (exact) mass is 203 g/mol. The maximum absolute atomic E-state index is 11.0. The van der Waals surface area contributed by atoms with E-state index >= 15 is 0 Å². The van der Waals surface area contributed by atoms with Gasteiger partial charge in [0.05, 0.1) is 5.92 Å². The summed E-state index contributed by atoms with van der Waals surface area (Å²) in [5.41, 5.74) is 6.89.